The zero-order valence-corrected chi connectivity index (χ0v) is 14.2. The Bertz CT molecular complexity index is 583. The van der Waals surface area contributed by atoms with Gasteiger partial charge in [0.1, 0.15) is 17.6 Å². The second kappa shape index (κ2) is 7.46. The molecule has 1 aliphatic carbocycles. The number of alkyl carbamates (subject to hydrolysis) is 1. The van der Waals surface area contributed by atoms with Crippen LogP contribution in [0.25, 0.3) is 0 Å². The molecule has 8 nitrogen and oxygen atoms in total. The van der Waals surface area contributed by atoms with E-state index in [0.717, 1.165) is 25.7 Å². The quantitative estimate of drug-likeness (QED) is 0.646. The zero-order chi connectivity index (χ0) is 17.7. The number of amides is 1. The van der Waals surface area contributed by atoms with Gasteiger partial charge in [0.25, 0.3) is 5.69 Å². The number of ether oxygens (including phenoxy) is 1. The lowest BCUT2D eigenvalue weighted by Crippen LogP contribution is -2.49. The third-order valence-corrected chi connectivity index (χ3v) is 3.76. The lowest BCUT2D eigenvalue weighted by Gasteiger charge is -2.33. The van der Waals surface area contributed by atoms with Crippen LogP contribution in [-0.2, 0) is 4.74 Å². The smallest absolute Gasteiger partial charge is 0.407 e. The van der Waals surface area contributed by atoms with Crippen LogP contribution in [0.15, 0.2) is 18.3 Å². The molecule has 0 bridgehead atoms. The molecule has 1 aromatic rings. The molecule has 1 amide bonds. The van der Waals surface area contributed by atoms with E-state index >= 15 is 0 Å². The molecule has 0 spiro atoms. The van der Waals surface area contributed by atoms with Crippen molar-refractivity contribution in [2.45, 2.75) is 64.1 Å². The van der Waals surface area contributed by atoms with Gasteiger partial charge in [-0.1, -0.05) is 12.8 Å². The van der Waals surface area contributed by atoms with Crippen molar-refractivity contribution in [1.82, 2.24) is 10.3 Å². The molecule has 1 aromatic heterocycles. The van der Waals surface area contributed by atoms with Gasteiger partial charge in [-0.15, -0.1) is 0 Å². The molecule has 2 rings (SSSR count). The molecular formula is C16H24N4O4. The van der Waals surface area contributed by atoms with E-state index in [2.05, 4.69) is 15.6 Å². The first kappa shape index (κ1) is 18.0. The molecule has 0 saturated heterocycles. The summed E-state index contributed by atoms with van der Waals surface area (Å²) in [4.78, 5) is 26.3. The van der Waals surface area contributed by atoms with Gasteiger partial charge in [-0.05, 0) is 39.7 Å². The predicted molar refractivity (Wildman–Crippen MR) is 89.9 cm³/mol. The van der Waals surface area contributed by atoms with Crippen molar-refractivity contribution in [3.8, 4) is 0 Å². The fraction of sp³-hybridized carbons (Fsp3) is 0.625. The van der Waals surface area contributed by atoms with E-state index in [1.807, 2.05) is 20.8 Å². The van der Waals surface area contributed by atoms with Gasteiger partial charge < -0.3 is 15.4 Å². The summed E-state index contributed by atoms with van der Waals surface area (Å²) in [5.41, 5.74) is -0.589. The number of aromatic nitrogens is 1. The first-order chi connectivity index (χ1) is 11.2. The largest absolute Gasteiger partial charge is 0.444 e. The second-order valence-electron chi connectivity index (χ2n) is 6.95. The molecule has 1 aliphatic rings. The molecule has 8 heteroatoms. The highest BCUT2D eigenvalue weighted by atomic mass is 16.6. The number of rotatable bonds is 4. The summed E-state index contributed by atoms with van der Waals surface area (Å²) in [7, 11) is 0. The molecule has 0 unspecified atom stereocenters. The number of nitrogens with zero attached hydrogens (tertiary/aromatic N) is 2. The summed E-state index contributed by atoms with van der Waals surface area (Å²) in [6, 6.07) is 2.94. The number of anilines is 1. The zero-order valence-electron chi connectivity index (χ0n) is 14.2. The molecule has 0 aromatic carbocycles. The highest BCUT2D eigenvalue weighted by Crippen LogP contribution is 2.23. The Morgan fingerprint density at radius 3 is 2.50 bits per heavy atom. The average molecular weight is 336 g/mol. The van der Waals surface area contributed by atoms with Crippen molar-refractivity contribution < 1.29 is 14.5 Å². The molecular weight excluding hydrogens is 312 g/mol. The van der Waals surface area contributed by atoms with Gasteiger partial charge in [0.05, 0.1) is 11.0 Å². The van der Waals surface area contributed by atoms with Gasteiger partial charge in [0.2, 0.25) is 0 Å². The molecule has 1 fully saturated rings. The summed E-state index contributed by atoms with van der Waals surface area (Å²) in [6.45, 7) is 5.47. The highest BCUT2D eigenvalue weighted by Gasteiger charge is 2.28. The molecule has 0 aliphatic heterocycles. The number of hydrogen-bond acceptors (Lipinski definition) is 6. The van der Waals surface area contributed by atoms with Crippen molar-refractivity contribution in [2.75, 3.05) is 5.32 Å². The van der Waals surface area contributed by atoms with E-state index in [1.165, 1.54) is 12.3 Å². The third kappa shape index (κ3) is 5.36. The van der Waals surface area contributed by atoms with Gasteiger partial charge >= 0.3 is 6.09 Å². The number of nitrogens with one attached hydrogen (secondary N) is 2. The molecule has 24 heavy (non-hydrogen) atoms. The lowest BCUT2D eigenvalue weighted by molar-refractivity contribution is -0.385. The van der Waals surface area contributed by atoms with Crippen LogP contribution >= 0.6 is 0 Å². The summed E-state index contributed by atoms with van der Waals surface area (Å²) >= 11 is 0. The maximum absolute atomic E-state index is 12.0. The van der Waals surface area contributed by atoms with Gasteiger partial charge in [-0.3, -0.25) is 10.1 Å². The van der Waals surface area contributed by atoms with Crippen molar-refractivity contribution in [3.05, 3.63) is 28.4 Å². The minimum atomic E-state index is -0.540. The summed E-state index contributed by atoms with van der Waals surface area (Å²) in [5, 5.41) is 16.9. The standard InChI is InChI=1S/C16H24N4O4/c1-16(2,3)24-15(21)19-13-7-5-4-6-12(13)18-14-9-8-11(10-17-14)20(22)23/h8-10,12-13H,4-7H2,1-3H3,(H,17,18)(H,19,21)/t12-,13-/m0/s1. The van der Waals surface area contributed by atoms with Crippen molar-refractivity contribution >= 4 is 17.6 Å². The van der Waals surface area contributed by atoms with E-state index in [9.17, 15) is 14.9 Å². The Hall–Kier alpha value is -2.38. The Morgan fingerprint density at radius 1 is 1.29 bits per heavy atom. The molecule has 0 radical (unpaired) electrons. The van der Waals surface area contributed by atoms with Crippen molar-refractivity contribution in [3.63, 3.8) is 0 Å². The number of carbonyl (C=O) groups is 1. The number of hydrogen-bond donors (Lipinski definition) is 2. The average Bonchev–Trinajstić information content (AvgIpc) is 2.48. The maximum Gasteiger partial charge on any atom is 0.407 e. The van der Waals surface area contributed by atoms with Crippen LogP contribution in [0.3, 0.4) is 0 Å². The van der Waals surface area contributed by atoms with Crippen molar-refractivity contribution in [2.24, 2.45) is 0 Å². The second-order valence-corrected chi connectivity index (χ2v) is 6.95. The molecule has 132 valence electrons. The number of nitro groups is 1. The van der Waals surface area contributed by atoms with Crippen LogP contribution < -0.4 is 10.6 Å². The number of pyridine rings is 1. The SMILES string of the molecule is CC(C)(C)OC(=O)N[C@H]1CCCC[C@@H]1Nc1ccc([N+](=O)[O-])cn1. The van der Waals surface area contributed by atoms with E-state index in [4.69, 9.17) is 4.74 Å². The van der Waals surface area contributed by atoms with Crippen molar-refractivity contribution in [1.29, 1.82) is 0 Å². The Morgan fingerprint density at radius 2 is 1.96 bits per heavy atom. The molecule has 2 N–H and O–H groups in total. The third-order valence-electron chi connectivity index (χ3n) is 3.76. The summed E-state index contributed by atoms with van der Waals surface area (Å²) in [5.74, 6) is 0.559. The first-order valence-electron chi connectivity index (χ1n) is 8.11. The maximum atomic E-state index is 12.0. The number of carbonyl (C=O) groups excluding carboxylic acids is 1. The van der Waals surface area contributed by atoms with E-state index in [-0.39, 0.29) is 17.8 Å². The van der Waals surface area contributed by atoms with Gasteiger partial charge in [0, 0.05) is 12.1 Å². The topological polar surface area (TPSA) is 106 Å². The predicted octanol–water partition coefficient (Wildman–Crippen LogP) is 3.24. The van der Waals surface area contributed by atoms with Crippen LogP contribution in [0.5, 0.6) is 0 Å². The van der Waals surface area contributed by atoms with E-state index in [1.54, 1.807) is 6.07 Å². The molecule has 2 atom stereocenters. The van der Waals surface area contributed by atoms with Crippen LogP contribution in [0, 0.1) is 10.1 Å². The van der Waals surface area contributed by atoms with Gasteiger partial charge in [-0.2, -0.15) is 0 Å². The van der Waals surface area contributed by atoms with Gasteiger partial charge in [-0.25, -0.2) is 9.78 Å². The Kier molecular flexibility index (Phi) is 5.58. The van der Waals surface area contributed by atoms with Crippen LogP contribution in [0.4, 0.5) is 16.3 Å². The normalized spacial score (nSPS) is 21.0. The lowest BCUT2D eigenvalue weighted by atomic mass is 9.90. The summed E-state index contributed by atoms with van der Waals surface area (Å²) < 4.78 is 5.31. The highest BCUT2D eigenvalue weighted by molar-refractivity contribution is 5.68. The minimum Gasteiger partial charge on any atom is -0.444 e. The Balaban J connectivity index is 1.98. The first-order valence-corrected chi connectivity index (χ1v) is 8.11. The fourth-order valence-corrected chi connectivity index (χ4v) is 2.70. The van der Waals surface area contributed by atoms with Crippen LogP contribution in [0.1, 0.15) is 46.5 Å². The monoisotopic (exact) mass is 336 g/mol. The Labute approximate surface area is 141 Å². The van der Waals surface area contributed by atoms with Crippen LogP contribution in [-0.4, -0.2) is 33.7 Å². The fourth-order valence-electron chi connectivity index (χ4n) is 2.70. The molecule has 1 heterocycles. The van der Waals surface area contributed by atoms with E-state index < -0.39 is 16.6 Å². The summed E-state index contributed by atoms with van der Waals surface area (Å²) in [6.07, 6.45) is 4.62. The minimum absolute atomic E-state index is 0.0141. The molecule has 1 saturated carbocycles. The van der Waals surface area contributed by atoms with Gasteiger partial charge in [0.15, 0.2) is 0 Å². The van der Waals surface area contributed by atoms with E-state index in [0.29, 0.717) is 5.82 Å². The van der Waals surface area contributed by atoms with Crippen LogP contribution in [0.2, 0.25) is 0 Å².